The monoisotopic (exact) mass is 311 g/mol. The first-order valence-electron chi connectivity index (χ1n) is 6.17. The molecule has 1 N–H and O–H groups in total. The van der Waals surface area contributed by atoms with E-state index in [1.165, 1.54) is 0 Å². The topological polar surface area (TPSA) is 40.5 Å². The molecule has 1 heterocycles. The SMILES string of the molecule is CC1(C)CCC(C(=O)O)CN1c1ccccc1Br. The van der Waals surface area contributed by atoms with Crippen LogP contribution in [0.3, 0.4) is 0 Å². The zero-order valence-electron chi connectivity index (χ0n) is 10.7. The third-order valence-electron chi connectivity index (χ3n) is 3.73. The number of anilines is 1. The molecule has 1 aliphatic heterocycles. The number of nitrogens with zero attached hydrogens (tertiary/aromatic N) is 1. The molecule has 1 aliphatic rings. The lowest BCUT2D eigenvalue weighted by Crippen LogP contribution is -2.52. The number of carboxylic acid groups (broad SMARTS) is 1. The van der Waals surface area contributed by atoms with Crippen molar-refractivity contribution in [3.63, 3.8) is 0 Å². The van der Waals surface area contributed by atoms with Crippen LogP contribution in [0.25, 0.3) is 0 Å². The Kier molecular flexibility index (Phi) is 3.66. The predicted octanol–water partition coefficient (Wildman–Crippen LogP) is 3.53. The van der Waals surface area contributed by atoms with E-state index >= 15 is 0 Å². The van der Waals surface area contributed by atoms with Gasteiger partial charge in [-0.2, -0.15) is 0 Å². The molecule has 0 radical (unpaired) electrons. The van der Waals surface area contributed by atoms with Crippen LogP contribution in [-0.4, -0.2) is 23.2 Å². The second-order valence-corrected chi connectivity index (χ2v) is 6.30. The first-order chi connectivity index (χ1) is 8.42. The zero-order valence-corrected chi connectivity index (χ0v) is 12.3. The number of para-hydroxylation sites is 1. The summed E-state index contributed by atoms with van der Waals surface area (Å²) in [6.45, 7) is 4.92. The lowest BCUT2D eigenvalue weighted by atomic mass is 9.84. The van der Waals surface area contributed by atoms with E-state index in [9.17, 15) is 9.90 Å². The molecule has 0 spiro atoms. The number of benzene rings is 1. The summed E-state index contributed by atoms with van der Waals surface area (Å²) in [5.41, 5.74) is 1.07. The molecule has 2 rings (SSSR count). The molecule has 1 fully saturated rings. The molecule has 1 unspecified atom stereocenters. The second kappa shape index (κ2) is 4.92. The van der Waals surface area contributed by atoms with E-state index in [1.54, 1.807) is 0 Å². The van der Waals surface area contributed by atoms with Crippen molar-refractivity contribution < 1.29 is 9.90 Å². The van der Waals surface area contributed by atoms with Crippen LogP contribution in [0.4, 0.5) is 5.69 Å². The molecule has 1 aromatic rings. The van der Waals surface area contributed by atoms with Crippen molar-refractivity contribution >= 4 is 27.6 Å². The van der Waals surface area contributed by atoms with Gasteiger partial charge in [-0.3, -0.25) is 4.79 Å². The Morgan fingerprint density at radius 1 is 1.44 bits per heavy atom. The van der Waals surface area contributed by atoms with Gasteiger partial charge >= 0.3 is 5.97 Å². The molecule has 18 heavy (non-hydrogen) atoms. The van der Waals surface area contributed by atoms with Crippen molar-refractivity contribution in [1.29, 1.82) is 0 Å². The largest absolute Gasteiger partial charge is 0.481 e. The Morgan fingerprint density at radius 2 is 2.11 bits per heavy atom. The first-order valence-corrected chi connectivity index (χ1v) is 6.96. The van der Waals surface area contributed by atoms with Crippen LogP contribution in [0.15, 0.2) is 28.7 Å². The maximum Gasteiger partial charge on any atom is 0.308 e. The highest BCUT2D eigenvalue weighted by Gasteiger charge is 2.37. The minimum atomic E-state index is -0.692. The minimum absolute atomic E-state index is 0.00414. The molecule has 3 nitrogen and oxygen atoms in total. The number of carbonyl (C=O) groups is 1. The third-order valence-corrected chi connectivity index (χ3v) is 4.40. The summed E-state index contributed by atoms with van der Waals surface area (Å²) in [5.74, 6) is -0.965. The summed E-state index contributed by atoms with van der Waals surface area (Å²) >= 11 is 3.55. The van der Waals surface area contributed by atoms with Crippen LogP contribution in [0.2, 0.25) is 0 Å². The molecule has 0 saturated carbocycles. The first kappa shape index (κ1) is 13.4. The van der Waals surface area contributed by atoms with Gasteiger partial charge in [-0.1, -0.05) is 12.1 Å². The van der Waals surface area contributed by atoms with Crippen molar-refractivity contribution in [2.45, 2.75) is 32.2 Å². The van der Waals surface area contributed by atoms with Crippen LogP contribution in [0.1, 0.15) is 26.7 Å². The highest BCUT2D eigenvalue weighted by Crippen LogP contribution is 2.38. The van der Waals surface area contributed by atoms with Gasteiger partial charge in [0.15, 0.2) is 0 Å². The summed E-state index contributed by atoms with van der Waals surface area (Å²) in [5, 5.41) is 9.20. The minimum Gasteiger partial charge on any atom is -0.481 e. The van der Waals surface area contributed by atoms with Crippen molar-refractivity contribution in [3.8, 4) is 0 Å². The number of halogens is 1. The fourth-order valence-electron chi connectivity index (χ4n) is 2.52. The molecule has 1 atom stereocenters. The Labute approximate surface area is 116 Å². The number of hydrogen-bond donors (Lipinski definition) is 1. The second-order valence-electron chi connectivity index (χ2n) is 5.45. The van der Waals surface area contributed by atoms with Gasteiger partial charge in [-0.05, 0) is 54.8 Å². The number of hydrogen-bond acceptors (Lipinski definition) is 2. The molecular formula is C14H18BrNO2. The van der Waals surface area contributed by atoms with E-state index in [-0.39, 0.29) is 11.5 Å². The maximum atomic E-state index is 11.2. The van der Waals surface area contributed by atoms with Crippen LogP contribution < -0.4 is 4.90 Å². The fourth-order valence-corrected chi connectivity index (χ4v) is 3.02. The van der Waals surface area contributed by atoms with E-state index < -0.39 is 5.97 Å². The standard InChI is InChI=1S/C14H18BrNO2/c1-14(2)8-7-10(13(17)18)9-16(14)12-6-4-3-5-11(12)15/h3-6,10H,7-9H2,1-2H3,(H,17,18). The van der Waals surface area contributed by atoms with Gasteiger partial charge in [0, 0.05) is 16.6 Å². The summed E-state index contributed by atoms with van der Waals surface area (Å²) in [4.78, 5) is 13.4. The summed E-state index contributed by atoms with van der Waals surface area (Å²) in [7, 11) is 0. The van der Waals surface area contributed by atoms with Crippen LogP contribution in [0, 0.1) is 5.92 Å². The van der Waals surface area contributed by atoms with Gasteiger partial charge in [-0.15, -0.1) is 0 Å². The lowest BCUT2D eigenvalue weighted by molar-refractivity contribution is -0.142. The summed E-state index contributed by atoms with van der Waals surface area (Å²) in [6.07, 6.45) is 1.65. The van der Waals surface area contributed by atoms with Gasteiger partial charge < -0.3 is 10.0 Å². The predicted molar refractivity (Wildman–Crippen MR) is 75.9 cm³/mol. The molecule has 0 aliphatic carbocycles. The van der Waals surface area contributed by atoms with Crippen molar-refractivity contribution in [2.24, 2.45) is 5.92 Å². The molecule has 4 heteroatoms. The molecular weight excluding hydrogens is 294 g/mol. The Hall–Kier alpha value is -1.03. The highest BCUT2D eigenvalue weighted by atomic mass is 79.9. The van der Waals surface area contributed by atoms with Crippen molar-refractivity contribution in [1.82, 2.24) is 0 Å². The average Bonchev–Trinajstić information content (AvgIpc) is 2.29. The Bertz CT molecular complexity index is 459. The highest BCUT2D eigenvalue weighted by molar-refractivity contribution is 9.10. The van der Waals surface area contributed by atoms with E-state index in [2.05, 4.69) is 34.7 Å². The summed E-state index contributed by atoms with van der Waals surface area (Å²) in [6, 6.07) is 7.99. The Morgan fingerprint density at radius 3 is 2.72 bits per heavy atom. The zero-order chi connectivity index (χ0) is 13.3. The van der Waals surface area contributed by atoms with E-state index in [4.69, 9.17) is 0 Å². The van der Waals surface area contributed by atoms with Crippen LogP contribution in [-0.2, 0) is 4.79 Å². The van der Waals surface area contributed by atoms with Gasteiger partial charge in [0.25, 0.3) is 0 Å². The van der Waals surface area contributed by atoms with Crippen molar-refractivity contribution in [2.75, 3.05) is 11.4 Å². The van der Waals surface area contributed by atoms with E-state index in [0.717, 1.165) is 23.0 Å². The normalized spacial score (nSPS) is 22.8. The number of carboxylic acids is 1. The molecule has 98 valence electrons. The molecule has 1 aromatic carbocycles. The van der Waals surface area contributed by atoms with Crippen LogP contribution >= 0.6 is 15.9 Å². The molecule has 0 amide bonds. The van der Waals surface area contributed by atoms with E-state index in [0.29, 0.717) is 6.54 Å². The average molecular weight is 312 g/mol. The van der Waals surface area contributed by atoms with Gasteiger partial charge in [0.2, 0.25) is 0 Å². The number of piperidine rings is 1. The fraction of sp³-hybridized carbons (Fsp3) is 0.500. The van der Waals surface area contributed by atoms with E-state index in [1.807, 2.05) is 24.3 Å². The quantitative estimate of drug-likeness (QED) is 0.908. The van der Waals surface area contributed by atoms with Gasteiger partial charge in [0.1, 0.15) is 0 Å². The lowest BCUT2D eigenvalue weighted by Gasteiger charge is -2.46. The van der Waals surface area contributed by atoms with Gasteiger partial charge in [0.05, 0.1) is 11.6 Å². The van der Waals surface area contributed by atoms with Gasteiger partial charge in [-0.25, -0.2) is 0 Å². The summed E-state index contributed by atoms with van der Waals surface area (Å²) < 4.78 is 1.02. The van der Waals surface area contributed by atoms with Crippen LogP contribution in [0.5, 0.6) is 0 Å². The third kappa shape index (κ3) is 2.53. The number of aliphatic carboxylic acids is 1. The van der Waals surface area contributed by atoms with Crippen molar-refractivity contribution in [3.05, 3.63) is 28.7 Å². The molecule has 1 saturated heterocycles. The molecule has 0 aromatic heterocycles. The Balaban J connectivity index is 2.33. The number of rotatable bonds is 2. The smallest absolute Gasteiger partial charge is 0.308 e. The maximum absolute atomic E-state index is 11.2. The molecule has 0 bridgehead atoms.